The van der Waals surface area contributed by atoms with Gasteiger partial charge in [-0.3, -0.25) is 4.68 Å². The van der Waals surface area contributed by atoms with Crippen LogP contribution in [0.25, 0.3) is 0 Å². The standard InChI is InChI=1S/C11H11BrN4S/c1-16-6-5-9(15-16)14-8-4-2-3-7(12)10(8)11(13)17/h2-6H,1H3,(H2,13,17)(H,14,15). The summed E-state index contributed by atoms with van der Waals surface area (Å²) in [4.78, 5) is 0.343. The Hall–Kier alpha value is -1.40. The molecule has 2 aromatic rings. The molecule has 0 amide bonds. The molecule has 0 saturated heterocycles. The van der Waals surface area contributed by atoms with Crippen LogP contribution in [-0.2, 0) is 7.05 Å². The molecule has 0 unspecified atom stereocenters. The molecule has 3 N–H and O–H groups in total. The van der Waals surface area contributed by atoms with Gasteiger partial charge in [0.15, 0.2) is 5.82 Å². The summed E-state index contributed by atoms with van der Waals surface area (Å²) >= 11 is 8.47. The van der Waals surface area contributed by atoms with E-state index in [4.69, 9.17) is 18.0 Å². The molecule has 1 heterocycles. The van der Waals surface area contributed by atoms with Crippen LogP contribution in [0.1, 0.15) is 5.56 Å². The summed E-state index contributed by atoms with van der Waals surface area (Å²) < 4.78 is 2.59. The van der Waals surface area contributed by atoms with Crippen molar-refractivity contribution in [2.45, 2.75) is 0 Å². The zero-order valence-electron chi connectivity index (χ0n) is 9.14. The lowest BCUT2D eigenvalue weighted by Gasteiger charge is -2.10. The Bertz CT molecular complexity index is 564. The predicted molar refractivity (Wildman–Crippen MR) is 76.5 cm³/mol. The lowest BCUT2D eigenvalue weighted by atomic mass is 10.2. The first-order valence-corrected chi connectivity index (χ1v) is 6.13. The number of hydrogen-bond acceptors (Lipinski definition) is 3. The fourth-order valence-corrected chi connectivity index (χ4v) is 2.43. The molecule has 2 rings (SSSR count). The van der Waals surface area contributed by atoms with E-state index in [1.54, 1.807) is 4.68 Å². The molecule has 0 radical (unpaired) electrons. The maximum absolute atomic E-state index is 5.71. The molecule has 0 bridgehead atoms. The first-order valence-electron chi connectivity index (χ1n) is 4.93. The van der Waals surface area contributed by atoms with Gasteiger partial charge in [-0.2, -0.15) is 5.10 Å². The lowest BCUT2D eigenvalue weighted by molar-refractivity contribution is 0.771. The summed E-state index contributed by atoms with van der Waals surface area (Å²) in [6.45, 7) is 0. The molecule has 0 fully saturated rings. The Balaban J connectivity index is 2.39. The van der Waals surface area contributed by atoms with E-state index in [0.29, 0.717) is 4.99 Å². The van der Waals surface area contributed by atoms with Gasteiger partial charge < -0.3 is 11.1 Å². The second kappa shape index (κ2) is 4.85. The van der Waals surface area contributed by atoms with E-state index in [1.807, 2.05) is 37.5 Å². The number of halogens is 1. The SMILES string of the molecule is Cn1ccc(Nc2cccc(Br)c2C(N)=S)n1. The number of nitrogens with zero attached hydrogens (tertiary/aromatic N) is 2. The Morgan fingerprint density at radius 2 is 2.24 bits per heavy atom. The van der Waals surface area contributed by atoms with Crippen molar-refractivity contribution in [2.24, 2.45) is 12.8 Å². The van der Waals surface area contributed by atoms with Crippen LogP contribution < -0.4 is 11.1 Å². The summed E-state index contributed by atoms with van der Waals surface area (Å²) in [5, 5.41) is 7.43. The molecule has 0 aliphatic rings. The molecule has 0 aliphatic heterocycles. The number of rotatable bonds is 3. The fourth-order valence-electron chi connectivity index (χ4n) is 1.50. The van der Waals surface area contributed by atoms with Crippen LogP contribution in [0.4, 0.5) is 11.5 Å². The highest BCUT2D eigenvalue weighted by atomic mass is 79.9. The molecular weight excluding hydrogens is 300 g/mol. The maximum atomic E-state index is 5.71. The van der Waals surface area contributed by atoms with Gasteiger partial charge in [-0.05, 0) is 28.1 Å². The van der Waals surface area contributed by atoms with Crippen molar-refractivity contribution in [3.63, 3.8) is 0 Å². The van der Waals surface area contributed by atoms with Gasteiger partial charge >= 0.3 is 0 Å². The third kappa shape index (κ3) is 2.65. The van der Waals surface area contributed by atoms with Gasteiger partial charge in [-0.25, -0.2) is 0 Å². The molecule has 0 spiro atoms. The van der Waals surface area contributed by atoms with Gasteiger partial charge in [-0.1, -0.05) is 18.3 Å². The van der Waals surface area contributed by atoms with Crippen LogP contribution in [0, 0.1) is 0 Å². The first-order chi connectivity index (χ1) is 8.08. The largest absolute Gasteiger partial charge is 0.389 e. The smallest absolute Gasteiger partial charge is 0.152 e. The molecule has 1 aromatic heterocycles. The number of benzene rings is 1. The zero-order chi connectivity index (χ0) is 12.4. The van der Waals surface area contributed by atoms with Crippen molar-refractivity contribution in [2.75, 3.05) is 5.32 Å². The average molecular weight is 311 g/mol. The number of hydrogen-bond donors (Lipinski definition) is 2. The van der Waals surface area contributed by atoms with Crippen molar-refractivity contribution in [1.29, 1.82) is 0 Å². The monoisotopic (exact) mass is 310 g/mol. The predicted octanol–water partition coefficient (Wildman–Crippen LogP) is 2.56. The van der Waals surface area contributed by atoms with Crippen LogP contribution in [0.15, 0.2) is 34.9 Å². The molecule has 88 valence electrons. The Kier molecular flexibility index (Phi) is 3.44. The van der Waals surface area contributed by atoms with Crippen LogP contribution in [0.3, 0.4) is 0 Å². The Morgan fingerprint density at radius 3 is 2.82 bits per heavy atom. The van der Waals surface area contributed by atoms with Gasteiger partial charge in [0.25, 0.3) is 0 Å². The Morgan fingerprint density at radius 1 is 1.47 bits per heavy atom. The topological polar surface area (TPSA) is 55.9 Å². The molecule has 0 saturated carbocycles. The molecular formula is C11H11BrN4S. The van der Waals surface area contributed by atoms with Crippen LogP contribution in [-0.4, -0.2) is 14.8 Å². The average Bonchev–Trinajstić information content (AvgIpc) is 2.63. The zero-order valence-corrected chi connectivity index (χ0v) is 11.5. The number of thiocarbonyl (C=S) groups is 1. The van der Waals surface area contributed by atoms with Gasteiger partial charge in [-0.15, -0.1) is 0 Å². The summed E-state index contributed by atoms with van der Waals surface area (Å²) in [5.41, 5.74) is 7.33. The summed E-state index contributed by atoms with van der Waals surface area (Å²) in [5.74, 6) is 0.753. The second-order valence-electron chi connectivity index (χ2n) is 3.53. The van der Waals surface area contributed by atoms with E-state index < -0.39 is 0 Å². The van der Waals surface area contributed by atoms with Crippen LogP contribution in [0.2, 0.25) is 0 Å². The highest BCUT2D eigenvalue weighted by molar-refractivity contribution is 9.10. The minimum atomic E-state index is 0.343. The van der Waals surface area contributed by atoms with Crippen molar-refractivity contribution >= 4 is 44.6 Å². The molecule has 1 aromatic carbocycles. The minimum Gasteiger partial charge on any atom is -0.389 e. The molecule has 6 heteroatoms. The summed E-state index contributed by atoms with van der Waals surface area (Å²) in [6, 6.07) is 7.60. The third-order valence-corrected chi connectivity index (χ3v) is 3.10. The normalized spacial score (nSPS) is 10.2. The second-order valence-corrected chi connectivity index (χ2v) is 4.82. The van der Waals surface area contributed by atoms with E-state index in [2.05, 4.69) is 26.3 Å². The molecule has 17 heavy (non-hydrogen) atoms. The van der Waals surface area contributed by atoms with Crippen molar-refractivity contribution in [3.8, 4) is 0 Å². The van der Waals surface area contributed by atoms with E-state index >= 15 is 0 Å². The number of anilines is 2. The lowest BCUT2D eigenvalue weighted by Crippen LogP contribution is -2.13. The number of aromatic nitrogens is 2. The third-order valence-electron chi connectivity index (χ3n) is 2.24. The molecule has 0 atom stereocenters. The van der Waals surface area contributed by atoms with Gasteiger partial charge in [0, 0.05) is 29.3 Å². The fraction of sp³-hybridized carbons (Fsp3) is 0.0909. The van der Waals surface area contributed by atoms with Gasteiger partial charge in [0.1, 0.15) is 4.99 Å². The molecule has 0 aliphatic carbocycles. The highest BCUT2D eigenvalue weighted by Gasteiger charge is 2.10. The quantitative estimate of drug-likeness (QED) is 0.856. The van der Waals surface area contributed by atoms with E-state index in [1.165, 1.54) is 0 Å². The first kappa shape index (κ1) is 12.1. The molecule has 4 nitrogen and oxygen atoms in total. The van der Waals surface area contributed by atoms with E-state index in [9.17, 15) is 0 Å². The Labute approximate surface area is 113 Å². The van der Waals surface area contributed by atoms with E-state index in [0.717, 1.165) is 21.5 Å². The number of aryl methyl sites for hydroxylation is 1. The van der Waals surface area contributed by atoms with Crippen LogP contribution in [0.5, 0.6) is 0 Å². The maximum Gasteiger partial charge on any atom is 0.152 e. The van der Waals surface area contributed by atoms with Gasteiger partial charge in [0.2, 0.25) is 0 Å². The van der Waals surface area contributed by atoms with Crippen molar-refractivity contribution < 1.29 is 0 Å². The minimum absolute atomic E-state index is 0.343. The van der Waals surface area contributed by atoms with Crippen LogP contribution >= 0.6 is 28.1 Å². The van der Waals surface area contributed by atoms with Crippen molar-refractivity contribution in [1.82, 2.24) is 9.78 Å². The summed E-state index contributed by atoms with van der Waals surface area (Å²) in [6.07, 6.45) is 1.86. The summed E-state index contributed by atoms with van der Waals surface area (Å²) in [7, 11) is 1.86. The number of nitrogens with two attached hydrogens (primary N) is 1. The van der Waals surface area contributed by atoms with Crippen molar-refractivity contribution in [3.05, 3.63) is 40.5 Å². The van der Waals surface area contributed by atoms with E-state index in [-0.39, 0.29) is 0 Å². The highest BCUT2D eigenvalue weighted by Crippen LogP contribution is 2.26. The van der Waals surface area contributed by atoms with Gasteiger partial charge in [0.05, 0.1) is 5.69 Å². The number of nitrogens with one attached hydrogen (secondary N) is 1.